The molecule has 1 aliphatic carbocycles. The summed E-state index contributed by atoms with van der Waals surface area (Å²) in [7, 11) is 3.44. The summed E-state index contributed by atoms with van der Waals surface area (Å²) in [4.78, 5) is 0. The molecule has 4 nitrogen and oxygen atoms in total. The molecule has 0 amide bonds. The number of fused-ring (bicyclic) bond motifs is 1. The van der Waals surface area contributed by atoms with E-state index in [1.807, 2.05) is 18.2 Å². The zero-order valence-corrected chi connectivity index (χ0v) is 14.6. The maximum absolute atomic E-state index is 5.83. The van der Waals surface area contributed by atoms with Crippen LogP contribution in [0.15, 0.2) is 76.8 Å². The lowest BCUT2D eigenvalue weighted by atomic mass is 9.60. The Morgan fingerprint density at radius 2 is 1.92 bits per heavy atom. The number of rotatable bonds is 4. The maximum Gasteiger partial charge on any atom is 0.121 e. The van der Waals surface area contributed by atoms with Gasteiger partial charge in [-0.25, -0.2) is 0 Å². The van der Waals surface area contributed by atoms with Crippen LogP contribution in [0.3, 0.4) is 0 Å². The zero-order chi connectivity index (χ0) is 17.3. The van der Waals surface area contributed by atoms with Crippen LogP contribution >= 0.6 is 0 Å². The van der Waals surface area contributed by atoms with Crippen molar-refractivity contribution in [3.8, 4) is 0 Å². The van der Waals surface area contributed by atoms with Crippen molar-refractivity contribution in [1.29, 1.82) is 0 Å². The highest BCUT2D eigenvalue weighted by Gasteiger charge is 2.51. The van der Waals surface area contributed by atoms with Crippen LogP contribution in [0.2, 0.25) is 0 Å². The van der Waals surface area contributed by atoms with E-state index in [0.717, 1.165) is 30.2 Å². The van der Waals surface area contributed by atoms with E-state index in [-0.39, 0.29) is 17.4 Å². The van der Waals surface area contributed by atoms with Crippen LogP contribution in [0.5, 0.6) is 0 Å². The van der Waals surface area contributed by atoms with Gasteiger partial charge in [0.2, 0.25) is 0 Å². The molecule has 0 saturated carbocycles. The number of ether oxygens (including phenoxy) is 2. The summed E-state index contributed by atoms with van der Waals surface area (Å²) in [6, 6.07) is 14.6. The second kappa shape index (κ2) is 6.45. The Labute approximate surface area is 148 Å². The van der Waals surface area contributed by atoms with Crippen molar-refractivity contribution in [3.05, 3.63) is 83.7 Å². The van der Waals surface area contributed by atoms with Crippen molar-refractivity contribution in [3.63, 3.8) is 0 Å². The van der Waals surface area contributed by atoms with Crippen LogP contribution in [0, 0.1) is 5.92 Å². The van der Waals surface area contributed by atoms with Crippen molar-refractivity contribution in [2.75, 3.05) is 20.8 Å². The average molecular weight is 337 g/mol. The predicted molar refractivity (Wildman–Crippen MR) is 95.9 cm³/mol. The van der Waals surface area contributed by atoms with Gasteiger partial charge >= 0.3 is 0 Å². The smallest absolute Gasteiger partial charge is 0.121 e. The number of hydrogen-bond acceptors (Lipinski definition) is 4. The van der Waals surface area contributed by atoms with Crippen LogP contribution in [-0.2, 0) is 14.9 Å². The number of piperidine rings is 1. The topological polar surface area (TPSA) is 43.6 Å². The van der Waals surface area contributed by atoms with Gasteiger partial charge in [0.15, 0.2) is 0 Å². The first-order valence-corrected chi connectivity index (χ1v) is 8.63. The Morgan fingerprint density at radius 1 is 1.08 bits per heavy atom. The van der Waals surface area contributed by atoms with Gasteiger partial charge in [0, 0.05) is 11.5 Å². The van der Waals surface area contributed by atoms with Crippen LogP contribution in [-0.4, -0.2) is 20.8 Å². The molecule has 4 rings (SSSR count). The Kier molecular flexibility index (Phi) is 4.14. The van der Waals surface area contributed by atoms with Crippen LogP contribution in [0.4, 0.5) is 0 Å². The highest BCUT2D eigenvalue weighted by Crippen LogP contribution is 2.52. The van der Waals surface area contributed by atoms with Crippen molar-refractivity contribution < 1.29 is 13.9 Å². The minimum Gasteiger partial charge on any atom is -0.501 e. The highest BCUT2D eigenvalue weighted by molar-refractivity contribution is 5.44. The summed E-state index contributed by atoms with van der Waals surface area (Å²) in [6.07, 6.45) is 6.94. The second-order valence-electron chi connectivity index (χ2n) is 6.58. The summed E-state index contributed by atoms with van der Waals surface area (Å²) < 4.78 is 17.2. The molecular weight excluding hydrogens is 314 g/mol. The van der Waals surface area contributed by atoms with Gasteiger partial charge in [-0.05, 0) is 36.7 Å². The first-order chi connectivity index (χ1) is 12.3. The maximum atomic E-state index is 5.83. The van der Waals surface area contributed by atoms with Crippen molar-refractivity contribution >= 4 is 0 Å². The molecule has 1 aliphatic heterocycles. The van der Waals surface area contributed by atoms with E-state index in [9.17, 15) is 0 Å². The van der Waals surface area contributed by atoms with E-state index in [0.29, 0.717) is 0 Å². The van der Waals surface area contributed by atoms with Gasteiger partial charge < -0.3 is 19.2 Å². The molecule has 0 radical (unpaired) electrons. The fourth-order valence-corrected chi connectivity index (χ4v) is 4.30. The van der Waals surface area contributed by atoms with Gasteiger partial charge in [0.1, 0.15) is 17.3 Å². The lowest BCUT2D eigenvalue weighted by molar-refractivity contribution is 0.114. The molecule has 1 N–H and O–H groups in total. The molecule has 1 saturated heterocycles. The van der Waals surface area contributed by atoms with Crippen molar-refractivity contribution in [2.24, 2.45) is 5.92 Å². The van der Waals surface area contributed by atoms with E-state index in [1.165, 1.54) is 5.56 Å². The van der Waals surface area contributed by atoms with E-state index < -0.39 is 0 Å². The number of benzene rings is 1. The Bertz CT molecular complexity index is 779. The molecule has 2 aromatic rings. The molecule has 25 heavy (non-hydrogen) atoms. The molecule has 1 aromatic carbocycles. The SMILES string of the molecule is COC1=C[C@]2(c3ccccc3)CCN[C@@H](c3ccco3)[C@@H]2C(OC)=C1. The van der Waals surface area contributed by atoms with Gasteiger partial charge in [-0.3, -0.25) is 0 Å². The molecule has 1 aromatic heterocycles. The van der Waals surface area contributed by atoms with Gasteiger partial charge in [-0.1, -0.05) is 30.3 Å². The molecular formula is C21H23NO3. The molecule has 3 atom stereocenters. The summed E-state index contributed by atoms with van der Waals surface area (Å²) in [6.45, 7) is 0.890. The fourth-order valence-electron chi connectivity index (χ4n) is 4.30. The Hall–Kier alpha value is -2.46. The van der Waals surface area contributed by atoms with Crippen LogP contribution < -0.4 is 5.32 Å². The molecule has 0 spiro atoms. The predicted octanol–water partition coefficient (Wildman–Crippen LogP) is 3.94. The normalized spacial score (nSPS) is 28.6. The number of hydrogen-bond donors (Lipinski definition) is 1. The molecule has 4 heteroatoms. The molecule has 0 unspecified atom stereocenters. The number of nitrogens with one attached hydrogen (secondary N) is 1. The van der Waals surface area contributed by atoms with E-state index in [1.54, 1.807) is 20.5 Å². The minimum atomic E-state index is -0.199. The summed E-state index contributed by atoms with van der Waals surface area (Å²) in [5.41, 5.74) is 1.07. The third-order valence-corrected chi connectivity index (χ3v) is 5.41. The fraction of sp³-hybridized carbons (Fsp3) is 0.333. The number of furan rings is 1. The van der Waals surface area contributed by atoms with Crippen molar-refractivity contribution in [2.45, 2.75) is 17.9 Å². The molecule has 1 fully saturated rings. The third kappa shape index (κ3) is 2.57. The summed E-state index contributed by atoms with van der Waals surface area (Å²) in [5, 5.41) is 3.63. The monoisotopic (exact) mass is 337 g/mol. The lowest BCUT2D eigenvalue weighted by Gasteiger charge is -2.49. The quantitative estimate of drug-likeness (QED) is 0.918. The average Bonchev–Trinajstić information content (AvgIpc) is 3.21. The Balaban J connectivity index is 1.90. The molecule has 2 aliphatic rings. The zero-order valence-electron chi connectivity index (χ0n) is 14.6. The lowest BCUT2D eigenvalue weighted by Crippen LogP contribution is -2.51. The third-order valence-electron chi connectivity index (χ3n) is 5.41. The standard InChI is InChI=1S/C21H23NO3/c1-23-16-13-18(24-2)19-20(17-9-6-12-25-17)22-11-10-21(19,14-16)15-7-4-3-5-8-15/h3-9,12-14,19-20,22H,10-11H2,1-2H3/t19-,20-,21-/m0/s1. The Morgan fingerprint density at radius 3 is 2.60 bits per heavy atom. The first kappa shape index (κ1) is 16.0. The summed E-state index contributed by atoms with van der Waals surface area (Å²) >= 11 is 0. The molecule has 130 valence electrons. The number of methoxy groups -OCH3 is 2. The van der Waals surface area contributed by atoms with E-state index in [2.05, 4.69) is 41.7 Å². The highest BCUT2D eigenvalue weighted by atomic mass is 16.5. The largest absolute Gasteiger partial charge is 0.501 e. The van der Waals surface area contributed by atoms with Gasteiger partial charge in [0.05, 0.1) is 32.4 Å². The summed E-state index contributed by atoms with van der Waals surface area (Å²) in [5.74, 6) is 2.79. The minimum absolute atomic E-state index is 0.0461. The molecule has 2 heterocycles. The van der Waals surface area contributed by atoms with E-state index in [4.69, 9.17) is 13.9 Å². The van der Waals surface area contributed by atoms with Crippen molar-refractivity contribution in [1.82, 2.24) is 5.32 Å². The number of allylic oxidation sites excluding steroid dienone is 2. The first-order valence-electron chi connectivity index (χ1n) is 8.63. The second-order valence-corrected chi connectivity index (χ2v) is 6.58. The van der Waals surface area contributed by atoms with Gasteiger partial charge in [-0.2, -0.15) is 0 Å². The van der Waals surface area contributed by atoms with E-state index >= 15 is 0 Å². The van der Waals surface area contributed by atoms with Gasteiger partial charge in [0.25, 0.3) is 0 Å². The molecule has 0 bridgehead atoms. The van der Waals surface area contributed by atoms with Crippen LogP contribution in [0.25, 0.3) is 0 Å². The van der Waals surface area contributed by atoms with Crippen LogP contribution in [0.1, 0.15) is 23.8 Å². The van der Waals surface area contributed by atoms with Gasteiger partial charge in [-0.15, -0.1) is 0 Å².